The van der Waals surface area contributed by atoms with E-state index in [-0.39, 0.29) is 11.8 Å². The van der Waals surface area contributed by atoms with Crippen molar-refractivity contribution in [3.8, 4) is 0 Å². The van der Waals surface area contributed by atoms with E-state index >= 15 is 0 Å². The fraction of sp³-hybridized carbons (Fsp3) is 0.400. The van der Waals surface area contributed by atoms with Crippen LogP contribution in [0.4, 0.5) is 5.82 Å². The molecule has 0 fully saturated rings. The minimum Gasteiger partial charge on any atom is -0.310 e. The molecule has 1 aromatic rings. The fourth-order valence-electron chi connectivity index (χ4n) is 1.66. The van der Waals surface area contributed by atoms with Gasteiger partial charge in [-0.25, -0.2) is 4.98 Å². The number of anilines is 1. The van der Waals surface area contributed by atoms with E-state index in [4.69, 9.17) is 0 Å². The third-order valence-electron chi connectivity index (χ3n) is 2.50. The second-order valence-corrected chi connectivity index (χ2v) is 4.38. The van der Waals surface area contributed by atoms with Gasteiger partial charge in [0.25, 0.3) is 0 Å². The van der Waals surface area contributed by atoms with Crippen LogP contribution < -0.4 is 5.32 Å². The second kappa shape index (κ2) is 3.69. The molecule has 0 spiro atoms. The summed E-state index contributed by atoms with van der Waals surface area (Å²) in [6.45, 7) is 2.03. The first-order chi connectivity index (χ1) is 6.70. The van der Waals surface area contributed by atoms with E-state index in [2.05, 4.69) is 26.2 Å². The van der Waals surface area contributed by atoms with Crippen molar-refractivity contribution in [3.63, 3.8) is 0 Å². The molecule has 0 saturated heterocycles. The lowest BCUT2D eigenvalue weighted by atomic mass is 9.93. The number of carbonyl (C=O) groups excluding carboxylic acids is 1. The molecule has 0 saturated carbocycles. The number of pyridine rings is 1. The van der Waals surface area contributed by atoms with Gasteiger partial charge in [-0.1, -0.05) is 6.92 Å². The van der Waals surface area contributed by atoms with Crippen LogP contribution in [0, 0.1) is 5.92 Å². The van der Waals surface area contributed by atoms with Gasteiger partial charge in [-0.2, -0.15) is 0 Å². The Hall–Kier alpha value is -0.900. The normalized spacial score (nSPS) is 20.1. The SMILES string of the molecule is CCC1Cc2cc(Br)cnc2NC1=O. The number of hydrogen-bond donors (Lipinski definition) is 1. The highest BCUT2D eigenvalue weighted by molar-refractivity contribution is 9.10. The van der Waals surface area contributed by atoms with Crippen LogP contribution >= 0.6 is 15.9 Å². The van der Waals surface area contributed by atoms with Crippen LogP contribution in [0.25, 0.3) is 0 Å². The summed E-state index contributed by atoms with van der Waals surface area (Å²) in [5, 5.41) is 2.82. The first kappa shape index (κ1) is 9.65. The molecule has 1 unspecified atom stereocenters. The Kier molecular flexibility index (Phi) is 2.54. The largest absolute Gasteiger partial charge is 0.310 e. The lowest BCUT2D eigenvalue weighted by Crippen LogP contribution is -2.29. The number of halogens is 1. The number of fused-ring (bicyclic) bond motifs is 1. The van der Waals surface area contributed by atoms with Crippen molar-refractivity contribution in [2.45, 2.75) is 19.8 Å². The maximum absolute atomic E-state index is 11.5. The predicted octanol–water partition coefficient (Wildman–Crippen LogP) is 2.36. The van der Waals surface area contributed by atoms with Gasteiger partial charge in [-0.15, -0.1) is 0 Å². The molecule has 1 N–H and O–H groups in total. The summed E-state index contributed by atoms with van der Waals surface area (Å²) >= 11 is 3.37. The highest BCUT2D eigenvalue weighted by Gasteiger charge is 2.25. The Labute approximate surface area is 91.0 Å². The highest BCUT2D eigenvalue weighted by Crippen LogP contribution is 2.27. The van der Waals surface area contributed by atoms with E-state index in [0.717, 1.165) is 22.9 Å². The molecule has 0 aromatic carbocycles. The van der Waals surface area contributed by atoms with Crippen molar-refractivity contribution in [1.29, 1.82) is 0 Å². The van der Waals surface area contributed by atoms with Gasteiger partial charge in [-0.05, 0) is 40.4 Å². The number of nitrogens with zero attached hydrogens (tertiary/aromatic N) is 1. The Morgan fingerprint density at radius 1 is 1.71 bits per heavy atom. The standard InChI is InChI=1S/C10H11BrN2O/c1-2-6-3-7-4-8(11)5-12-9(7)13-10(6)14/h4-6H,2-3H2,1H3,(H,12,13,14). The molecule has 1 aliphatic heterocycles. The molecule has 1 amide bonds. The van der Waals surface area contributed by atoms with E-state index in [1.807, 2.05) is 13.0 Å². The Balaban J connectivity index is 2.36. The molecular weight excluding hydrogens is 244 g/mol. The summed E-state index contributed by atoms with van der Waals surface area (Å²) < 4.78 is 0.960. The zero-order chi connectivity index (χ0) is 10.1. The third-order valence-corrected chi connectivity index (χ3v) is 2.94. The van der Waals surface area contributed by atoms with Gasteiger partial charge in [-0.3, -0.25) is 4.79 Å². The van der Waals surface area contributed by atoms with E-state index in [1.165, 1.54) is 0 Å². The van der Waals surface area contributed by atoms with E-state index in [1.54, 1.807) is 6.20 Å². The van der Waals surface area contributed by atoms with Gasteiger partial charge >= 0.3 is 0 Å². The average Bonchev–Trinajstić information content (AvgIpc) is 2.17. The molecule has 14 heavy (non-hydrogen) atoms. The van der Waals surface area contributed by atoms with Crippen LogP contribution in [0.3, 0.4) is 0 Å². The summed E-state index contributed by atoms with van der Waals surface area (Å²) in [4.78, 5) is 15.7. The lowest BCUT2D eigenvalue weighted by Gasteiger charge is -2.22. The molecular formula is C10H11BrN2O. The van der Waals surface area contributed by atoms with Gasteiger partial charge < -0.3 is 5.32 Å². The number of nitrogens with one attached hydrogen (secondary N) is 1. The van der Waals surface area contributed by atoms with E-state index in [9.17, 15) is 4.79 Å². The summed E-state index contributed by atoms with van der Waals surface area (Å²) in [5.41, 5.74) is 1.12. The third kappa shape index (κ3) is 1.66. The lowest BCUT2D eigenvalue weighted by molar-refractivity contribution is -0.120. The van der Waals surface area contributed by atoms with Gasteiger partial charge in [0.2, 0.25) is 5.91 Å². The van der Waals surface area contributed by atoms with Gasteiger partial charge in [0, 0.05) is 16.6 Å². The molecule has 1 aliphatic rings. The molecule has 3 nitrogen and oxygen atoms in total. The molecule has 0 radical (unpaired) electrons. The molecule has 0 aliphatic carbocycles. The number of aromatic nitrogens is 1. The quantitative estimate of drug-likeness (QED) is 0.837. The first-order valence-electron chi connectivity index (χ1n) is 4.66. The number of carbonyl (C=O) groups is 1. The summed E-state index contributed by atoms with van der Waals surface area (Å²) in [7, 11) is 0. The molecule has 2 heterocycles. The number of rotatable bonds is 1. The fourth-order valence-corrected chi connectivity index (χ4v) is 2.03. The summed E-state index contributed by atoms with van der Waals surface area (Å²) in [6.07, 6.45) is 3.37. The second-order valence-electron chi connectivity index (χ2n) is 3.46. The van der Waals surface area contributed by atoms with Crippen LogP contribution in [-0.2, 0) is 11.2 Å². The van der Waals surface area contributed by atoms with E-state index in [0.29, 0.717) is 5.82 Å². The number of hydrogen-bond acceptors (Lipinski definition) is 2. The minimum atomic E-state index is 0.0924. The van der Waals surface area contributed by atoms with Crippen LogP contribution in [0.5, 0.6) is 0 Å². The maximum Gasteiger partial charge on any atom is 0.228 e. The maximum atomic E-state index is 11.5. The van der Waals surface area contributed by atoms with Crippen LogP contribution in [0.15, 0.2) is 16.7 Å². The van der Waals surface area contributed by atoms with Crippen molar-refractivity contribution in [2.75, 3.05) is 5.32 Å². The Morgan fingerprint density at radius 3 is 3.21 bits per heavy atom. The van der Waals surface area contributed by atoms with Crippen molar-refractivity contribution >= 4 is 27.7 Å². The summed E-state index contributed by atoms with van der Waals surface area (Å²) in [6, 6.07) is 2.02. The smallest absolute Gasteiger partial charge is 0.228 e. The Bertz CT molecular complexity index is 378. The monoisotopic (exact) mass is 254 g/mol. The van der Waals surface area contributed by atoms with Gasteiger partial charge in [0.1, 0.15) is 5.82 Å². The van der Waals surface area contributed by atoms with Crippen LogP contribution in [0.2, 0.25) is 0 Å². The molecule has 4 heteroatoms. The van der Waals surface area contributed by atoms with Gasteiger partial charge in [0.05, 0.1) is 0 Å². The molecule has 1 aromatic heterocycles. The predicted molar refractivity (Wildman–Crippen MR) is 58.1 cm³/mol. The van der Waals surface area contributed by atoms with Crippen molar-refractivity contribution in [3.05, 3.63) is 22.3 Å². The molecule has 2 rings (SSSR count). The van der Waals surface area contributed by atoms with Crippen molar-refractivity contribution in [2.24, 2.45) is 5.92 Å². The van der Waals surface area contributed by atoms with Crippen LogP contribution in [-0.4, -0.2) is 10.9 Å². The average molecular weight is 255 g/mol. The zero-order valence-corrected chi connectivity index (χ0v) is 9.47. The van der Waals surface area contributed by atoms with Crippen molar-refractivity contribution < 1.29 is 4.79 Å². The first-order valence-corrected chi connectivity index (χ1v) is 5.45. The van der Waals surface area contributed by atoms with Gasteiger partial charge in [0.15, 0.2) is 0 Å². The van der Waals surface area contributed by atoms with E-state index < -0.39 is 0 Å². The summed E-state index contributed by atoms with van der Waals surface area (Å²) in [5.74, 6) is 0.899. The Morgan fingerprint density at radius 2 is 2.50 bits per heavy atom. The zero-order valence-electron chi connectivity index (χ0n) is 7.88. The van der Waals surface area contributed by atoms with Crippen molar-refractivity contribution in [1.82, 2.24) is 4.98 Å². The molecule has 74 valence electrons. The van der Waals surface area contributed by atoms with Crippen LogP contribution in [0.1, 0.15) is 18.9 Å². The number of amides is 1. The highest BCUT2D eigenvalue weighted by atomic mass is 79.9. The topological polar surface area (TPSA) is 42.0 Å². The molecule has 1 atom stereocenters. The molecule has 0 bridgehead atoms. The minimum absolute atomic E-state index is 0.0924.